The molecule has 0 aliphatic carbocycles. The molecule has 3 heterocycles. The Morgan fingerprint density at radius 1 is 1.31 bits per heavy atom. The van der Waals surface area contributed by atoms with Gasteiger partial charge in [0.25, 0.3) is 0 Å². The van der Waals surface area contributed by atoms with Crippen LogP contribution in [0.5, 0.6) is 23.1 Å². The molecule has 1 N–H and O–H groups in total. The Hall–Kier alpha value is -3.29. The third-order valence-corrected chi connectivity index (χ3v) is 4.76. The summed E-state index contributed by atoms with van der Waals surface area (Å²) in [7, 11) is 0. The predicted molar refractivity (Wildman–Crippen MR) is 105 cm³/mol. The summed E-state index contributed by atoms with van der Waals surface area (Å²) in [6, 6.07) is 8.64. The summed E-state index contributed by atoms with van der Waals surface area (Å²) >= 11 is 0. The van der Waals surface area contributed by atoms with Gasteiger partial charge < -0.3 is 24.4 Å². The van der Waals surface area contributed by atoms with Gasteiger partial charge in [-0.05, 0) is 30.2 Å². The van der Waals surface area contributed by atoms with Crippen LogP contribution in [0.25, 0.3) is 0 Å². The van der Waals surface area contributed by atoms with Crippen molar-refractivity contribution in [1.82, 2.24) is 9.88 Å². The molecule has 1 unspecified atom stereocenters. The van der Waals surface area contributed by atoms with Crippen molar-refractivity contribution < 1.29 is 23.8 Å². The Bertz CT molecular complexity index is 930. The lowest BCUT2D eigenvalue weighted by molar-refractivity contribution is -0.128. The Morgan fingerprint density at radius 3 is 2.97 bits per heavy atom. The average molecular weight is 397 g/mol. The minimum atomic E-state index is -0.389. The number of amides is 2. The van der Waals surface area contributed by atoms with Crippen LogP contribution in [-0.4, -0.2) is 41.6 Å². The van der Waals surface area contributed by atoms with Crippen LogP contribution in [0.2, 0.25) is 0 Å². The molecule has 1 aromatic carbocycles. The molecular formula is C21H23N3O5. The molecular weight excluding hydrogens is 374 g/mol. The van der Waals surface area contributed by atoms with Gasteiger partial charge in [0.05, 0.1) is 5.92 Å². The van der Waals surface area contributed by atoms with Gasteiger partial charge in [-0.15, -0.1) is 0 Å². The molecule has 8 nitrogen and oxygen atoms in total. The minimum Gasteiger partial charge on any atom is -0.454 e. The lowest BCUT2D eigenvalue weighted by atomic mass is 10.1. The fourth-order valence-electron chi connectivity index (χ4n) is 3.42. The van der Waals surface area contributed by atoms with E-state index in [0.29, 0.717) is 41.9 Å². The highest BCUT2D eigenvalue weighted by Crippen LogP contribution is 2.37. The Balaban J connectivity index is 1.45. The molecule has 29 heavy (non-hydrogen) atoms. The number of hydrogen-bond donors (Lipinski definition) is 1. The first kappa shape index (κ1) is 19.0. The van der Waals surface area contributed by atoms with Crippen molar-refractivity contribution in [1.29, 1.82) is 0 Å². The highest BCUT2D eigenvalue weighted by molar-refractivity contribution is 5.97. The van der Waals surface area contributed by atoms with Crippen LogP contribution in [-0.2, 0) is 9.59 Å². The highest BCUT2D eigenvalue weighted by atomic mass is 16.7. The maximum atomic E-state index is 12.7. The molecule has 4 rings (SSSR count). The Labute approximate surface area is 168 Å². The van der Waals surface area contributed by atoms with Gasteiger partial charge in [-0.25, -0.2) is 4.98 Å². The third-order valence-electron chi connectivity index (χ3n) is 4.76. The summed E-state index contributed by atoms with van der Waals surface area (Å²) in [5, 5.41) is 2.86. The van der Waals surface area contributed by atoms with Crippen LogP contribution in [0.15, 0.2) is 36.5 Å². The maximum absolute atomic E-state index is 12.7. The summed E-state index contributed by atoms with van der Waals surface area (Å²) < 4.78 is 16.5. The van der Waals surface area contributed by atoms with Crippen LogP contribution < -0.4 is 19.5 Å². The molecule has 1 saturated heterocycles. The normalized spacial score (nSPS) is 17.7. The molecule has 152 valence electrons. The van der Waals surface area contributed by atoms with Crippen LogP contribution in [0, 0.1) is 11.8 Å². The van der Waals surface area contributed by atoms with Crippen molar-refractivity contribution >= 4 is 17.5 Å². The number of likely N-dealkylation sites (tertiary alicyclic amines) is 1. The summed E-state index contributed by atoms with van der Waals surface area (Å²) in [6.07, 6.45) is 1.80. The van der Waals surface area contributed by atoms with E-state index >= 15 is 0 Å². The number of ether oxygens (including phenoxy) is 3. The number of fused-ring (bicyclic) bond motifs is 1. The lowest BCUT2D eigenvalue weighted by Crippen LogP contribution is -2.31. The average Bonchev–Trinajstić information content (AvgIpc) is 3.29. The van der Waals surface area contributed by atoms with Gasteiger partial charge in [-0.3, -0.25) is 9.59 Å². The highest BCUT2D eigenvalue weighted by Gasteiger charge is 2.34. The standard InChI is InChI=1S/C21H23N3O5/c1-13(2)10-24-11-14(8-19(24)25)20(26)23-16-4-3-7-22-21(16)29-15-5-6-17-18(9-15)28-12-27-17/h3-7,9,13-14H,8,10-12H2,1-2H3,(H,23,26). The summed E-state index contributed by atoms with van der Waals surface area (Å²) in [4.78, 5) is 30.9. The second kappa shape index (κ2) is 7.98. The van der Waals surface area contributed by atoms with Gasteiger partial charge in [0.15, 0.2) is 11.5 Å². The van der Waals surface area contributed by atoms with E-state index in [4.69, 9.17) is 14.2 Å². The summed E-state index contributed by atoms with van der Waals surface area (Å²) in [5.41, 5.74) is 0.449. The number of nitrogens with zero attached hydrogens (tertiary/aromatic N) is 2. The maximum Gasteiger partial charge on any atom is 0.243 e. The molecule has 1 aromatic heterocycles. The van der Waals surface area contributed by atoms with Crippen molar-refractivity contribution in [3.05, 3.63) is 36.5 Å². The number of anilines is 1. The number of nitrogens with one attached hydrogen (secondary N) is 1. The van der Waals surface area contributed by atoms with Gasteiger partial charge in [-0.1, -0.05) is 13.8 Å². The first-order chi connectivity index (χ1) is 14.0. The monoisotopic (exact) mass is 397 g/mol. The van der Waals surface area contributed by atoms with Crippen molar-refractivity contribution in [3.63, 3.8) is 0 Å². The number of hydrogen-bond acceptors (Lipinski definition) is 6. The summed E-state index contributed by atoms with van der Waals surface area (Å²) in [6.45, 7) is 5.37. The number of pyridine rings is 1. The number of benzene rings is 1. The predicted octanol–water partition coefficient (Wildman–Crippen LogP) is 3.05. The molecule has 0 bridgehead atoms. The zero-order valence-electron chi connectivity index (χ0n) is 16.4. The first-order valence-electron chi connectivity index (χ1n) is 9.61. The van der Waals surface area contributed by atoms with Gasteiger partial charge in [0.2, 0.25) is 24.5 Å². The molecule has 0 spiro atoms. The third kappa shape index (κ3) is 4.26. The lowest BCUT2D eigenvalue weighted by Gasteiger charge is -2.19. The minimum absolute atomic E-state index is 0.0156. The van der Waals surface area contributed by atoms with E-state index in [1.165, 1.54) is 0 Å². The second-order valence-electron chi connectivity index (χ2n) is 7.56. The van der Waals surface area contributed by atoms with Crippen LogP contribution in [0.1, 0.15) is 20.3 Å². The van der Waals surface area contributed by atoms with E-state index in [1.807, 2.05) is 0 Å². The topological polar surface area (TPSA) is 90.0 Å². The quantitative estimate of drug-likeness (QED) is 0.806. The van der Waals surface area contributed by atoms with Gasteiger partial charge in [-0.2, -0.15) is 0 Å². The molecule has 2 aromatic rings. The Morgan fingerprint density at radius 2 is 2.14 bits per heavy atom. The van der Waals surface area contributed by atoms with E-state index in [1.54, 1.807) is 41.4 Å². The number of carbonyl (C=O) groups excluding carboxylic acids is 2. The van der Waals surface area contributed by atoms with Crippen LogP contribution in [0.4, 0.5) is 5.69 Å². The van der Waals surface area contributed by atoms with E-state index in [2.05, 4.69) is 24.1 Å². The largest absolute Gasteiger partial charge is 0.454 e. The molecule has 8 heteroatoms. The zero-order valence-corrected chi connectivity index (χ0v) is 16.4. The molecule has 0 radical (unpaired) electrons. The van der Waals surface area contributed by atoms with Gasteiger partial charge in [0.1, 0.15) is 11.4 Å². The van der Waals surface area contributed by atoms with E-state index in [9.17, 15) is 9.59 Å². The van der Waals surface area contributed by atoms with Crippen LogP contribution >= 0.6 is 0 Å². The SMILES string of the molecule is CC(C)CN1CC(C(=O)Nc2cccnc2Oc2ccc3c(c2)OCO3)CC1=O. The van der Waals surface area contributed by atoms with E-state index < -0.39 is 0 Å². The summed E-state index contributed by atoms with van der Waals surface area (Å²) in [5.74, 6) is 1.81. The smallest absolute Gasteiger partial charge is 0.243 e. The van der Waals surface area contributed by atoms with Crippen molar-refractivity contribution in [2.75, 3.05) is 25.2 Å². The molecule has 2 amide bonds. The fourth-order valence-corrected chi connectivity index (χ4v) is 3.42. The molecule has 1 atom stereocenters. The van der Waals surface area contributed by atoms with Crippen LogP contribution in [0.3, 0.4) is 0 Å². The Kier molecular flexibility index (Phi) is 5.24. The number of aromatic nitrogens is 1. The first-order valence-corrected chi connectivity index (χ1v) is 9.61. The van der Waals surface area contributed by atoms with Gasteiger partial charge in [0, 0.05) is 31.8 Å². The van der Waals surface area contributed by atoms with Crippen molar-refractivity contribution in [3.8, 4) is 23.1 Å². The zero-order chi connectivity index (χ0) is 20.4. The number of rotatable bonds is 6. The van der Waals surface area contributed by atoms with Crippen molar-refractivity contribution in [2.24, 2.45) is 11.8 Å². The second-order valence-corrected chi connectivity index (χ2v) is 7.56. The van der Waals surface area contributed by atoms with E-state index in [-0.39, 0.29) is 36.8 Å². The van der Waals surface area contributed by atoms with Crippen molar-refractivity contribution in [2.45, 2.75) is 20.3 Å². The van der Waals surface area contributed by atoms with E-state index in [0.717, 1.165) is 0 Å². The molecule has 1 fully saturated rings. The molecule has 2 aliphatic rings. The van der Waals surface area contributed by atoms with Gasteiger partial charge >= 0.3 is 0 Å². The fraction of sp³-hybridized carbons (Fsp3) is 0.381. The number of carbonyl (C=O) groups is 2. The molecule has 2 aliphatic heterocycles. The molecule has 0 saturated carbocycles.